The molecule has 1 heterocycles. The topological polar surface area (TPSA) is 68.2 Å². The van der Waals surface area contributed by atoms with Gasteiger partial charge in [0.1, 0.15) is 0 Å². The van der Waals surface area contributed by atoms with E-state index in [0.717, 1.165) is 34.4 Å². The average Bonchev–Trinajstić information content (AvgIpc) is 2.87. The fourth-order valence-corrected chi connectivity index (χ4v) is 5.08. The van der Waals surface area contributed by atoms with Gasteiger partial charge in [-0.3, -0.25) is 14.1 Å². The number of hydrogen-bond acceptors (Lipinski definition) is 4. The Bertz CT molecular complexity index is 1070. The van der Waals surface area contributed by atoms with Crippen molar-refractivity contribution in [1.82, 2.24) is 4.57 Å². The van der Waals surface area contributed by atoms with Crippen LogP contribution in [0.25, 0.3) is 10.2 Å². The van der Waals surface area contributed by atoms with Crippen molar-refractivity contribution in [3.8, 4) is 0 Å². The van der Waals surface area contributed by atoms with E-state index in [4.69, 9.17) is 0 Å². The molecule has 0 bridgehead atoms. The van der Waals surface area contributed by atoms with Crippen LogP contribution in [0.1, 0.15) is 24.5 Å². The quantitative estimate of drug-likeness (QED) is 0.734. The van der Waals surface area contributed by atoms with Gasteiger partial charge in [0.25, 0.3) is 10.0 Å². The van der Waals surface area contributed by atoms with Gasteiger partial charge >= 0.3 is 4.87 Å². The molecule has 0 amide bonds. The van der Waals surface area contributed by atoms with Gasteiger partial charge in [-0.15, -0.1) is 0 Å². The van der Waals surface area contributed by atoms with Gasteiger partial charge in [0, 0.05) is 6.54 Å². The van der Waals surface area contributed by atoms with E-state index < -0.39 is 10.0 Å². The molecule has 132 valence electrons. The van der Waals surface area contributed by atoms with Crippen LogP contribution in [0.4, 0.5) is 5.69 Å². The molecule has 0 unspecified atom stereocenters. The number of thiazole rings is 1. The highest BCUT2D eigenvalue weighted by Crippen LogP contribution is 2.26. The number of hydrogen-bond donors (Lipinski definition) is 1. The number of benzene rings is 2. The minimum atomic E-state index is -3.72. The Kier molecular flexibility index (Phi) is 4.71. The van der Waals surface area contributed by atoms with Gasteiger partial charge in [-0.25, -0.2) is 8.42 Å². The molecule has 0 aliphatic rings. The number of rotatable bonds is 5. The molecule has 3 aromatic rings. The number of fused-ring (bicyclic) bond motifs is 1. The third kappa shape index (κ3) is 3.34. The summed E-state index contributed by atoms with van der Waals surface area (Å²) in [4.78, 5) is 12.2. The molecule has 0 radical (unpaired) electrons. The molecule has 2 aromatic carbocycles. The molecule has 1 aromatic heterocycles. The Morgan fingerprint density at radius 1 is 1.12 bits per heavy atom. The number of sulfonamides is 1. The van der Waals surface area contributed by atoms with E-state index in [9.17, 15) is 13.2 Å². The van der Waals surface area contributed by atoms with Crippen molar-refractivity contribution in [3.05, 3.63) is 57.2 Å². The van der Waals surface area contributed by atoms with Gasteiger partial charge in [-0.1, -0.05) is 36.5 Å². The maximum Gasteiger partial charge on any atom is 0.308 e. The molecule has 0 fully saturated rings. The Morgan fingerprint density at radius 2 is 1.80 bits per heavy atom. The van der Waals surface area contributed by atoms with Crippen molar-refractivity contribution in [2.75, 3.05) is 4.72 Å². The second-order valence-electron chi connectivity index (χ2n) is 6.02. The molecular weight excluding hydrogens is 356 g/mol. The van der Waals surface area contributed by atoms with Crippen molar-refractivity contribution in [2.45, 2.75) is 38.6 Å². The number of aromatic nitrogens is 1. The Hall–Kier alpha value is -2.12. The van der Waals surface area contributed by atoms with Crippen molar-refractivity contribution in [3.63, 3.8) is 0 Å². The normalized spacial score (nSPS) is 11.8. The summed E-state index contributed by atoms with van der Waals surface area (Å²) in [5.41, 5.74) is 3.11. The predicted molar refractivity (Wildman–Crippen MR) is 103 cm³/mol. The van der Waals surface area contributed by atoms with Crippen LogP contribution in [0.15, 0.2) is 46.1 Å². The van der Waals surface area contributed by atoms with Gasteiger partial charge < -0.3 is 0 Å². The van der Waals surface area contributed by atoms with E-state index in [2.05, 4.69) is 4.72 Å². The summed E-state index contributed by atoms with van der Waals surface area (Å²) in [6, 6.07) is 10.5. The van der Waals surface area contributed by atoms with Crippen LogP contribution in [0, 0.1) is 13.8 Å². The highest BCUT2D eigenvalue weighted by molar-refractivity contribution is 7.92. The molecule has 0 saturated carbocycles. The van der Waals surface area contributed by atoms with Gasteiger partial charge in [-0.05, 0) is 49.6 Å². The number of aryl methyl sites for hydroxylation is 3. The molecule has 5 nitrogen and oxygen atoms in total. The van der Waals surface area contributed by atoms with Crippen LogP contribution in [0.5, 0.6) is 0 Å². The van der Waals surface area contributed by atoms with Crippen LogP contribution in [-0.2, 0) is 16.6 Å². The van der Waals surface area contributed by atoms with E-state index in [1.54, 1.807) is 22.8 Å². The van der Waals surface area contributed by atoms with Gasteiger partial charge in [-0.2, -0.15) is 0 Å². The second-order valence-corrected chi connectivity index (χ2v) is 8.70. The smallest absolute Gasteiger partial charge is 0.299 e. The van der Waals surface area contributed by atoms with Crippen molar-refractivity contribution >= 4 is 37.3 Å². The first kappa shape index (κ1) is 17.7. The lowest BCUT2D eigenvalue weighted by atomic mass is 10.1. The van der Waals surface area contributed by atoms with E-state index in [0.29, 0.717) is 16.9 Å². The number of nitrogens with one attached hydrogen (secondary N) is 1. The summed E-state index contributed by atoms with van der Waals surface area (Å²) in [6.07, 6.45) is 0.847. The van der Waals surface area contributed by atoms with E-state index in [1.807, 2.05) is 39.0 Å². The van der Waals surface area contributed by atoms with Crippen LogP contribution in [0.2, 0.25) is 0 Å². The van der Waals surface area contributed by atoms with Gasteiger partial charge in [0.15, 0.2) is 0 Å². The molecule has 0 saturated heterocycles. The van der Waals surface area contributed by atoms with Crippen LogP contribution in [-0.4, -0.2) is 13.0 Å². The lowest BCUT2D eigenvalue weighted by molar-refractivity contribution is 0.601. The predicted octanol–water partition coefficient (Wildman–Crippen LogP) is 3.89. The zero-order valence-corrected chi connectivity index (χ0v) is 16.0. The van der Waals surface area contributed by atoms with Crippen molar-refractivity contribution < 1.29 is 8.42 Å². The first-order chi connectivity index (χ1) is 11.8. The summed E-state index contributed by atoms with van der Waals surface area (Å²) in [5.74, 6) is 0. The second kappa shape index (κ2) is 6.65. The highest BCUT2D eigenvalue weighted by atomic mass is 32.2. The number of nitrogens with zero attached hydrogens (tertiary/aromatic N) is 1. The SMILES string of the molecule is CCCn1c(=O)sc2cc(S(=O)(=O)Nc3c(C)cccc3C)ccc21. The molecule has 25 heavy (non-hydrogen) atoms. The maximum absolute atomic E-state index is 12.8. The molecule has 0 aliphatic carbocycles. The van der Waals surface area contributed by atoms with Crippen LogP contribution >= 0.6 is 11.3 Å². The van der Waals surface area contributed by atoms with E-state index >= 15 is 0 Å². The minimum Gasteiger partial charge on any atom is -0.299 e. The third-order valence-electron chi connectivity index (χ3n) is 4.11. The molecule has 7 heteroatoms. The largest absolute Gasteiger partial charge is 0.308 e. The molecule has 0 spiro atoms. The average molecular weight is 377 g/mol. The van der Waals surface area contributed by atoms with E-state index in [1.165, 1.54) is 0 Å². The van der Waals surface area contributed by atoms with Gasteiger partial charge in [0.2, 0.25) is 0 Å². The number of anilines is 1. The summed E-state index contributed by atoms with van der Waals surface area (Å²) in [7, 11) is -3.72. The maximum atomic E-state index is 12.8. The van der Waals surface area contributed by atoms with Crippen molar-refractivity contribution in [2.24, 2.45) is 0 Å². The zero-order valence-electron chi connectivity index (χ0n) is 14.4. The molecule has 0 atom stereocenters. The molecule has 1 N–H and O–H groups in total. The Morgan fingerprint density at radius 3 is 2.44 bits per heavy atom. The summed E-state index contributed by atoms with van der Waals surface area (Å²) < 4.78 is 30.6. The van der Waals surface area contributed by atoms with Crippen LogP contribution < -0.4 is 9.60 Å². The molecular formula is C18H20N2O3S2. The fourth-order valence-electron chi connectivity index (χ4n) is 2.82. The van der Waals surface area contributed by atoms with Crippen molar-refractivity contribution in [1.29, 1.82) is 0 Å². The summed E-state index contributed by atoms with van der Waals surface area (Å²) in [6.45, 7) is 6.37. The Balaban J connectivity index is 2.04. The first-order valence-corrected chi connectivity index (χ1v) is 10.4. The molecule has 0 aliphatic heterocycles. The lowest BCUT2D eigenvalue weighted by Gasteiger charge is -2.13. The fraction of sp³-hybridized carbons (Fsp3) is 0.278. The number of para-hydroxylation sites is 1. The van der Waals surface area contributed by atoms with Crippen LogP contribution in [0.3, 0.4) is 0 Å². The summed E-state index contributed by atoms with van der Waals surface area (Å²) in [5, 5.41) is 0. The van der Waals surface area contributed by atoms with Gasteiger partial charge in [0.05, 0.1) is 20.8 Å². The first-order valence-electron chi connectivity index (χ1n) is 8.06. The zero-order chi connectivity index (χ0) is 18.2. The highest BCUT2D eigenvalue weighted by Gasteiger charge is 2.18. The van der Waals surface area contributed by atoms with E-state index in [-0.39, 0.29) is 9.77 Å². The third-order valence-corrected chi connectivity index (χ3v) is 6.40. The standard InChI is InChI=1S/C18H20N2O3S2/c1-4-10-20-15-9-8-14(11-16(15)24-18(20)21)25(22,23)19-17-12(2)6-5-7-13(17)3/h5-9,11,19H,4,10H2,1-3H3. The Labute approximate surface area is 151 Å². The minimum absolute atomic E-state index is 0.0610. The lowest BCUT2D eigenvalue weighted by Crippen LogP contribution is -2.15. The molecule has 3 rings (SSSR count). The summed E-state index contributed by atoms with van der Waals surface area (Å²) >= 11 is 1.08. The monoisotopic (exact) mass is 376 g/mol.